The zero-order valence-corrected chi connectivity index (χ0v) is 15.8. The average molecular weight is 431 g/mol. The molecule has 0 aliphatic rings. The highest BCUT2D eigenvalue weighted by molar-refractivity contribution is 9.11. The van der Waals surface area contributed by atoms with E-state index < -0.39 is 0 Å². The van der Waals surface area contributed by atoms with Crippen molar-refractivity contribution in [2.75, 3.05) is 26.0 Å². The van der Waals surface area contributed by atoms with E-state index in [1.165, 1.54) is 4.68 Å². The topological polar surface area (TPSA) is 54.3 Å². The second-order valence-corrected chi connectivity index (χ2v) is 6.54. The molecule has 0 unspecified atom stereocenters. The van der Waals surface area contributed by atoms with Crippen LogP contribution >= 0.6 is 31.9 Å². The van der Waals surface area contributed by atoms with E-state index in [2.05, 4.69) is 41.9 Å². The molecule has 1 heterocycles. The van der Waals surface area contributed by atoms with Gasteiger partial charge in [0.15, 0.2) is 4.73 Å². The van der Waals surface area contributed by atoms with Gasteiger partial charge in [0.2, 0.25) is 10.6 Å². The van der Waals surface area contributed by atoms with Crippen LogP contribution in [0.4, 0.5) is 5.69 Å². The van der Waals surface area contributed by atoms with Gasteiger partial charge >= 0.3 is 0 Å². The van der Waals surface area contributed by atoms with Crippen molar-refractivity contribution in [3.63, 3.8) is 0 Å². The van der Waals surface area contributed by atoms with Gasteiger partial charge in [-0.25, -0.2) is 4.68 Å². The van der Waals surface area contributed by atoms with E-state index in [0.29, 0.717) is 16.0 Å². The van der Waals surface area contributed by atoms with Gasteiger partial charge in [0.25, 0.3) is 0 Å². The van der Waals surface area contributed by atoms with Crippen LogP contribution in [-0.4, -0.2) is 46.7 Å². The molecule has 0 spiro atoms. The summed E-state index contributed by atoms with van der Waals surface area (Å²) in [5.41, 5.74) is 2.22. The Morgan fingerprint density at radius 3 is 2.32 bits per heavy atom. The minimum atomic E-state index is -0.0326. The molecule has 1 aromatic carbocycles. The lowest BCUT2D eigenvalue weighted by Crippen LogP contribution is -2.30. The monoisotopic (exact) mass is 429 g/mol. The Morgan fingerprint density at radius 1 is 1.18 bits per heavy atom. The lowest BCUT2D eigenvalue weighted by Gasteiger charge is -2.18. The predicted octanol–water partition coefficient (Wildman–Crippen LogP) is 2.53. The van der Waals surface area contributed by atoms with E-state index >= 15 is 0 Å². The third kappa shape index (κ3) is 4.30. The zero-order chi connectivity index (χ0) is 16.3. The van der Waals surface area contributed by atoms with Crippen molar-refractivity contribution in [1.29, 1.82) is 0 Å². The number of halogens is 2. The summed E-state index contributed by atoms with van der Waals surface area (Å²) < 4.78 is 2.49. The molecule has 2 aromatic rings. The first-order valence-corrected chi connectivity index (χ1v) is 8.21. The van der Waals surface area contributed by atoms with Crippen LogP contribution in [0.2, 0.25) is 0 Å². The molecule has 1 amide bonds. The minimum absolute atomic E-state index is 0.0326. The number of carbonyl (C=O) groups is 1. The fourth-order valence-electron chi connectivity index (χ4n) is 1.91. The van der Waals surface area contributed by atoms with Gasteiger partial charge in [0.05, 0.1) is 0 Å². The summed E-state index contributed by atoms with van der Waals surface area (Å²) in [5.74, 6) is -0.0326. The minimum Gasteiger partial charge on any atom is -0.378 e. The largest absolute Gasteiger partial charge is 0.378 e. The summed E-state index contributed by atoms with van der Waals surface area (Å²) in [6.45, 7) is 0.700. The first kappa shape index (κ1) is 17.0. The highest BCUT2D eigenvalue weighted by Gasteiger charge is 2.14. The van der Waals surface area contributed by atoms with Crippen LogP contribution in [-0.2, 0) is 17.9 Å². The number of likely N-dealkylation sites (N-methyl/N-ethyl adjacent to an activating group) is 1. The Hall–Kier alpha value is -1.41. The third-order valence-electron chi connectivity index (χ3n) is 3.18. The van der Waals surface area contributed by atoms with Crippen molar-refractivity contribution < 1.29 is 4.79 Å². The van der Waals surface area contributed by atoms with Crippen molar-refractivity contribution in [3.05, 3.63) is 39.3 Å². The molecule has 0 saturated carbocycles. The molecule has 0 saturated heterocycles. The molecular formula is C14H17Br2N5O. The van der Waals surface area contributed by atoms with Crippen molar-refractivity contribution in [3.8, 4) is 0 Å². The summed E-state index contributed by atoms with van der Waals surface area (Å²) in [5, 5.41) is 4.09. The summed E-state index contributed by atoms with van der Waals surface area (Å²) in [7, 11) is 5.78. The fraction of sp³-hybridized carbons (Fsp3) is 0.357. The number of hydrogen-bond acceptors (Lipinski definition) is 4. The Labute approximate surface area is 146 Å². The number of rotatable bonds is 5. The number of nitrogens with zero attached hydrogens (tertiary/aromatic N) is 5. The normalized spacial score (nSPS) is 10.6. The Bertz CT molecular complexity index is 654. The van der Waals surface area contributed by atoms with Crippen LogP contribution in [0.15, 0.2) is 33.7 Å². The number of anilines is 1. The van der Waals surface area contributed by atoms with Crippen LogP contribution in [0.3, 0.4) is 0 Å². The molecule has 0 atom stereocenters. The van der Waals surface area contributed by atoms with Crippen LogP contribution in [0, 0.1) is 0 Å². The molecule has 1 aromatic heterocycles. The summed E-state index contributed by atoms with van der Waals surface area (Å²) >= 11 is 6.45. The van der Waals surface area contributed by atoms with Gasteiger partial charge in [-0.15, -0.1) is 5.10 Å². The number of aromatic nitrogens is 3. The molecule has 22 heavy (non-hydrogen) atoms. The summed E-state index contributed by atoms with van der Waals surface area (Å²) in [6, 6.07) is 8.14. The number of hydrogen-bond donors (Lipinski definition) is 0. The van der Waals surface area contributed by atoms with Crippen LogP contribution in [0.5, 0.6) is 0 Å². The molecule has 0 aliphatic carbocycles. The molecule has 8 heteroatoms. The molecule has 0 radical (unpaired) electrons. The molecule has 0 fully saturated rings. The van der Waals surface area contributed by atoms with E-state index in [1.807, 2.05) is 43.3 Å². The Morgan fingerprint density at radius 2 is 1.82 bits per heavy atom. The van der Waals surface area contributed by atoms with Gasteiger partial charge in [-0.3, -0.25) is 4.79 Å². The van der Waals surface area contributed by atoms with Gasteiger partial charge in [-0.1, -0.05) is 12.1 Å². The molecule has 6 nitrogen and oxygen atoms in total. The van der Waals surface area contributed by atoms with Gasteiger partial charge in [-0.2, -0.15) is 4.98 Å². The maximum Gasteiger partial charge on any atom is 0.244 e. The maximum absolute atomic E-state index is 12.2. The molecular weight excluding hydrogens is 414 g/mol. The van der Waals surface area contributed by atoms with Crippen LogP contribution < -0.4 is 4.90 Å². The van der Waals surface area contributed by atoms with Crippen molar-refractivity contribution in [2.45, 2.75) is 13.1 Å². The Kier molecular flexibility index (Phi) is 5.57. The zero-order valence-electron chi connectivity index (χ0n) is 12.6. The van der Waals surface area contributed by atoms with Crippen molar-refractivity contribution in [1.82, 2.24) is 19.7 Å². The van der Waals surface area contributed by atoms with Gasteiger partial charge in [0, 0.05) is 33.4 Å². The van der Waals surface area contributed by atoms with E-state index in [-0.39, 0.29) is 12.5 Å². The van der Waals surface area contributed by atoms with Crippen molar-refractivity contribution >= 4 is 43.5 Å². The SMILES string of the molecule is CN(Cc1ccc(N(C)C)cc1)C(=O)Cn1nc(Br)nc1Br. The average Bonchev–Trinajstić information content (AvgIpc) is 2.77. The standard InChI is InChI=1S/C14H17Br2N5O/c1-19(2)11-6-4-10(5-7-11)8-20(3)12(22)9-21-14(16)17-13(15)18-21/h4-7H,8-9H2,1-3H3. The number of amides is 1. The highest BCUT2D eigenvalue weighted by atomic mass is 79.9. The van der Waals surface area contributed by atoms with Gasteiger partial charge in [0.1, 0.15) is 6.54 Å². The van der Waals surface area contributed by atoms with E-state index in [1.54, 1.807) is 11.9 Å². The van der Waals surface area contributed by atoms with Crippen molar-refractivity contribution in [2.24, 2.45) is 0 Å². The maximum atomic E-state index is 12.2. The molecule has 118 valence electrons. The lowest BCUT2D eigenvalue weighted by atomic mass is 10.2. The van der Waals surface area contributed by atoms with E-state index in [4.69, 9.17) is 0 Å². The second-order valence-electron chi connectivity index (χ2n) is 5.12. The fourth-order valence-corrected chi connectivity index (χ4v) is 2.88. The molecule has 0 bridgehead atoms. The lowest BCUT2D eigenvalue weighted by molar-refractivity contribution is -0.131. The Balaban J connectivity index is 1.97. The molecule has 0 N–H and O–H groups in total. The van der Waals surface area contributed by atoms with E-state index in [0.717, 1.165) is 11.3 Å². The van der Waals surface area contributed by atoms with E-state index in [9.17, 15) is 4.79 Å². The predicted molar refractivity (Wildman–Crippen MR) is 92.7 cm³/mol. The van der Waals surface area contributed by atoms with Gasteiger partial charge in [-0.05, 0) is 49.6 Å². The van der Waals surface area contributed by atoms with Crippen LogP contribution in [0.25, 0.3) is 0 Å². The molecule has 2 rings (SSSR count). The summed E-state index contributed by atoms with van der Waals surface area (Å²) in [6.07, 6.45) is 0. The summed E-state index contributed by atoms with van der Waals surface area (Å²) in [4.78, 5) is 20.0. The first-order valence-electron chi connectivity index (χ1n) is 6.63. The second kappa shape index (κ2) is 7.23. The quantitative estimate of drug-likeness (QED) is 0.731. The number of carbonyl (C=O) groups excluding carboxylic acids is 1. The molecule has 0 aliphatic heterocycles. The number of benzene rings is 1. The highest BCUT2D eigenvalue weighted by Crippen LogP contribution is 2.14. The van der Waals surface area contributed by atoms with Crippen LogP contribution in [0.1, 0.15) is 5.56 Å². The van der Waals surface area contributed by atoms with Gasteiger partial charge < -0.3 is 9.80 Å². The third-order valence-corrected chi connectivity index (χ3v) is 4.11. The smallest absolute Gasteiger partial charge is 0.244 e. The first-order chi connectivity index (χ1) is 10.4.